The van der Waals surface area contributed by atoms with Crippen LogP contribution in [0.3, 0.4) is 0 Å². The van der Waals surface area contributed by atoms with Crippen molar-refractivity contribution in [2.45, 2.75) is 99.5 Å². The maximum atomic E-state index is 3.81. The summed E-state index contributed by atoms with van der Waals surface area (Å²) in [4.78, 5) is 0. The van der Waals surface area contributed by atoms with Gasteiger partial charge in [-0.05, 0) is 53.1 Å². The topological polar surface area (TPSA) is 0 Å². The van der Waals surface area contributed by atoms with Crippen LogP contribution in [0, 0.1) is 43.9 Å². The Morgan fingerprint density at radius 1 is 0.872 bits per heavy atom. The first-order valence-electron chi connectivity index (χ1n) is 13.9. The Morgan fingerprint density at radius 2 is 1.46 bits per heavy atom. The summed E-state index contributed by atoms with van der Waals surface area (Å²) in [5, 5.41) is 0. The van der Waals surface area contributed by atoms with E-state index in [1.54, 1.807) is 33.4 Å². The zero-order valence-electron chi connectivity index (χ0n) is 26.6. The monoisotopic (exact) mass is 708 g/mol. The first kappa shape index (κ1) is 41.3. The van der Waals surface area contributed by atoms with E-state index >= 15 is 0 Å². The second-order valence-electron chi connectivity index (χ2n) is 10.7. The molecule has 0 saturated heterocycles. The predicted octanol–water partition coefficient (Wildman–Crippen LogP) is 7.94. The molecule has 0 N–H and O–H groups in total. The molecule has 5 aliphatic carbocycles. The smallest absolute Gasteiger partial charge is 0.372 e. The van der Waals surface area contributed by atoms with Crippen molar-refractivity contribution >= 4 is 21.2 Å². The van der Waals surface area contributed by atoms with E-state index < -0.39 is 0 Å². The van der Waals surface area contributed by atoms with E-state index in [-0.39, 0.29) is 63.4 Å². The molecule has 3 unspecified atom stereocenters. The fourth-order valence-electron chi connectivity index (χ4n) is 5.65. The molecule has 0 heterocycles. The summed E-state index contributed by atoms with van der Waals surface area (Å²) in [7, 11) is 1.21. The van der Waals surface area contributed by atoms with Crippen LogP contribution in [0.5, 0.6) is 0 Å². The van der Waals surface area contributed by atoms with Gasteiger partial charge in [-0.25, -0.2) is 23.3 Å². The Hall–Kier alpha value is 0.120. The van der Waals surface area contributed by atoms with Crippen molar-refractivity contribution in [2.75, 3.05) is 0 Å². The fraction of sp³-hybridized carbons (Fsp3) is 0.486. The fourth-order valence-corrected chi connectivity index (χ4v) is 6.66. The molecule has 0 amide bonds. The van der Waals surface area contributed by atoms with Gasteiger partial charge in [-0.1, -0.05) is 70.4 Å². The van der Waals surface area contributed by atoms with Crippen molar-refractivity contribution in [1.82, 2.24) is 0 Å². The largest absolute Gasteiger partial charge is 3.00 e. The molecule has 0 bridgehead atoms. The minimum Gasteiger partial charge on any atom is -0.372 e. The maximum Gasteiger partial charge on any atom is 3.00 e. The molecule has 0 spiro atoms. The van der Waals surface area contributed by atoms with Crippen LogP contribution in [0.1, 0.15) is 93.9 Å². The van der Waals surface area contributed by atoms with Gasteiger partial charge in [0, 0.05) is 5.92 Å². The number of allylic oxidation sites excluding steroid dienone is 16. The molecular formula is C35H52Si2Zr2. The second-order valence-corrected chi connectivity index (χ2v) is 11.8. The quantitative estimate of drug-likeness (QED) is 0.192. The van der Waals surface area contributed by atoms with E-state index in [9.17, 15) is 0 Å². The molecule has 39 heavy (non-hydrogen) atoms. The molecule has 1 saturated carbocycles. The van der Waals surface area contributed by atoms with Gasteiger partial charge in [0.2, 0.25) is 0 Å². The third-order valence-corrected chi connectivity index (χ3v) is 9.24. The van der Waals surface area contributed by atoms with Gasteiger partial charge in [0.05, 0.1) is 0 Å². The summed E-state index contributed by atoms with van der Waals surface area (Å²) in [6, 6.07) is 0. The van der Waals surface area contributed by atoms with Crippen LogP contribution in [-0.4, -0.2) is 21.2 Å². The molecule has 0 nitrogen and oxygen atoms in total. The molecule has 208 valence electrons. The summed E-state index contributed by atoms with van der Waals surface area (Å²) < 4.78 is 0. The third kappa shape index (κ3) is 10.7. The standard InChI is InChI=1S/C18H25Si.C9H13.C5H5.C3H6.H3Si.2Zr/c1-10-11(2)13(4)17(12(10)3)18-15-8-6-5-7-14(15)9-16(18)19;1-6-5-7(2)9(4)8(6)3;1-2-4-5-3-1;1-3-2;;;/h12,16H,5-8H2,1-4,19H3;6H,1-4H3;1-3H,4H2;1-3H2;1H3;;/q3*-1;-2;;+2;+3. The van der Waals surface area contributed by atoms with Crippen LogP contribution in [0.15, 0.2) is 74.0 Å². The maximum absolute atomic E-state index is 3.81. The van der Waals surface area contributed by atoms with Crippen molar-refractivity contribution in [1.29, 1.82) is 0 Å². The molecule has 0 aromatic carbocycles. The van der Waals surface area contributed by atoms with Crippen LogP contribution >= 0.6 is 0 Å². The molecule has 0 aromatic heterocycles. The van der Waals surface area contributed by atoms with Gasteiger partial charge in [-0.2, -0.15) is 22.8 Å². The van der Waals surface area contributed by atoms with Gasteiger partial charge in [-0.3, -0.25) is 18.2 Å². The first-order chi connectivity index (χ1) is 17.1. The molecule has 4 heteroatoms. The van der Waals surface area contributed by atoms with Crippen LogP contribution in [-0.2, 0) is 52.4 Å². The number of rotatable bonds is 1. The summed E-state index contributed by atoms with van der Waals surface area (Å²) >= 11 is 0. The minimum atomic E-state index is 0. The molecule has 0 aliphatic heterocycles. The number of fused-ring (bicyclic) bond motifs is 1. The molecule has 0 aromatic rings. The van der Waals surface area contributed by atoms with E-state index in [1.165, 1.54) is 58.2 Å². The van der Waals surface area contributed by atoms with E-state index in [1.807, 2.05) is 12.2 Å². The van der Waals surface area contributed by atoms with Crippen LogP contribution < -0.4 is 0 Å². The Labute approximate surface area is 288 Å². The third-order valence-electron chi connectivity index (χ3n) is 8.37. The zero-order chi connectivity index (χ0) is 27.0. The van der Waals surface area contributed by atoms with Crippen LogP contribution in [0.25, 0.3) is 0 Å². The first-order valence-corrected chi connectivity index (χ1v) is 15.0. The minimum absolute atomic E-state index is 0. The zero-order valence-corrected chi connectivity index (χ0v) is 35.5. The van der Waals surface area contributed by atoms with E-state index in [0.29, 0.717) is 17.4 Å². The van der Waals surface area contributed by atoms with E-state index in [4.69, 9.17) is 0 Å². The second kappa shape index (κ2) is 20.1. The Balaban J connectivity index is 0. The Morgan fingerprint density at radius 3 is 1.82 bits per heavy atom. The summed E-state index contributed by atoms with van der Waals surface area (Å²) in [5.41, 5.74) is 16.2. The average molecular weight is 711 g/mol. The summed E-state index contributed by atoms with van der Waals surface area (Å²) in [5.74, 6) is 1.19. The van der Waals surface area contributed by atoms with Gasteiger partial charge >= 0.3 is 52.4 Å². The summed E-state index contributed by atoms with van der Waals surface area (Å²) in [6.45, 7) is 24.8. The molecule has 1 fully saturated rings. The van der Waals surface area contributed by atoms with Crippen molar-refractivity contribution < 1.29 is 52.4 Å². The number of hydrogen-bond donors (Lipinski definition) is 0. The molecular weight excluding hydrogens is 659 g/mol. The Bertz CT molecular complexity index is 1050. The van der Waals surface area contributed by atoms with Gasteiger partial charge in [-0.15, -0.1) is 24.5 Å². The summed E-state index contributed by atoms with van der Waals surface area (Å²) in [6.07, 6.45) is 23.3. The predicted molar refractivity (Wildman–Crippen MR) is 173 cm³/mol. The van der Waals surface area contributed by atoms with Crippen LogP contribution in [0.4, 0.5) is 0 Å². The molecule has 3 atom stereocenters. The molecule has 2 radical (unpaired) electrons. The average Bonchev–Trinajstić information content (AvgIpc) is 3.62. The van der Waals surface area contributed by atoms with Crippen molar-refractivity contribution in [3.05, 3.63) is 106 Å². The van der Waals surface area contributed by atoms with Crippen molar-refractivity contribution in [3.8, 4) is 0 Å². The van der Waals surface area contributed by atoms with Gasteiger partial charge in [0.25, 0.3) is 0 Å². The van der Waals surface area contributed by atoms with Gasteiger partial charge in [0.15, 0.2) is 0 Å². The van der Waals surface area contributed by atoms with Gasteiger partial charge in [0.1, 0.15) is 0 Å². The normalized spacial score (nSPS) is 24.3. The van der Waals surface area contributed by atoms with E-state index in [0.717, 1.165) is 12.8 Å². The van der Waals surface area contributed by atoms with E-state index in [2.05, 4.69) is 93.5 Å². The van der Waals surface area contributed by atoms with Crippen LogP contribution in [0.2, 0.25) is 5.54 Å². The van der Waals surface area contributed by atoms with Crippen molar-refractivity contribution in [3.63, 3.8) is 0 Å². The van der Waals surface area contributed by atoms with Crippen molar-refractivity contribution in [2.24, 2.45) is 11.8 Å². The number of hydrogen-bond acceptors (Lipinski definition) is 0. The Kier molecular flexibility index (Phi) is 21.3. The molecule has 5 rings (SSSR count). The van der Waals surface area contributed by atoms with Gasteiger partial charge < -0.3 is 20.3 Å². The SMILES string of the molecule is CC1=C(C)C(C)C(C2=C3CCCCC3=[C-]C2[SiH3])=C1C.CC1=[C-]C(C)C(C)=C1C.[C-]1=CC=CC1.[CH2-]C[CH2-].[SiH3].[Zr+2].[Zr+3]. The molecule has 5 aliphatic rings.